The molecule has 0 bridgehead atoms. The zero-order valence-corrected chi connectivity index (χ0v) is 18.4. The normalized spacial score (nSPS) is 12.7. The number of rotatable bonds is 7. The maximum absolute atomic E-state index is 12.4. The van der Waals surface area contributed by atoms with Crippen LogP contribution >= 0.6 is 0 Å². The molecule has 6 heteroatoms. The second kappa shape index (κ2) is 9.27. The third-order valence-electron chi connectivity index (χ3n) is 5.49. The molecule has 0 aliphatic carbocycles. The number of carbonyl (C=O) groups is 1. The van der Waals surface area contributed by atoms with Crippen LogP contribution in [-0.2, 0) is 24.1 Å². The van der Waals surface area contributed by atoms with Gasteiger partial charge in [-0.05, 0) is 75.3 Å². The Morgan fingerprint density at radius 2 is 2.00 bits per heavy atom. The van der Waals surface area contributed by atoms with Gasteiger partial charge in [0.1, 0.15) is 0 Å². The van der Waals surface area contributed by atoms with Gasteiger partial charge in [-0.2, -0.15) is 0 Å². The first-order chi connectivity index (χ1) is 15.0. The molecule has 2 heterocycles. The average Bonchev–Trinajstić information content (AvgIpc) is 2.89. The van der Waals surface area contributed by atoms with E-state index in [2.05, 4.69) is 65.8 Å². The molecule has 0 saturated heterocycles. The molecule has 1 aliphatic heterocycles. The van der Waals surface area contributed by atoms with Gasteiger partial charge in [0.2, 0.25) is 11.9 Å². The topological polar surface area (TPSA) is 70.2 Å². The summed E-state index contributed by atoms with van der Waals surface area (Å²) < 4.78 is 0. The van der Waals surface area contributed by atoms with Crippen LogP contribution in [0.3, 0.4) is 0 Å². The molecule has 160 valence electrons. The van der Waals surface area contributed by atoms with E-state index in [4.69, 9.17) is 4.98 Å². The number of benzene rings is 2. The van der Waals surface area contributed by atoms with Crippen molar-refractivity contribution in [3.8, 4) is 11.3 Å². The Balaban J connectivity index is 1.67. The van der Waals surface area contributed by atoms with Crippen molar-refractivity contribution in [3.05, 3.63) is 65.4 Å². The molecule has 6 nitrogen and oxygen atoms in total. The lowest BCUT2D eigenvalue weighted by Crippen LogP contribution is -2.13. The molecule has 0 spiro atoms. The van der Waals surface area contributed by atoms with Gasteiger partial charge in [-0.1, -0.05) is 25.1 Å². The Bertz CT molecular complexity index is 1090. The van der Waals surface area contributed by atoms with E-state index < -0.39 is 0 Å². The molecule has 0 unspecified atom stereocenters. The number of aromatic nitrogens is 2. The van der Waals surface area contributed by atoms with Crippen LogP contribution in [0.2, 0.25) is 0 Å². The number of fused-ring (bicyclic) bond motifs is 3. The standard InChI is InChI=1S/C25H29N5O/c1-4-17-7-5-9-20(13-17)27-25-26-16-19-15-23(31)28-22-11-10-18(8-6-12-30(2)3)14-21(22)24(19)29-25/h5,7,9-11,13-14,16H,4,6,8,12,15H2,1-3H3,(H,28,31)(H,26,27,29). The molecule has 31 heavy (non-hydrogen) atoms. The predicted molar refractivity (Wildman–Crippen MR) is 126 cm³/mol. The minimum absolute atomic E-state index is 0.0414. The van der Waals surface area contributed by atoms with Crippen LogP contribution < -0.4 is 10.6 Å². The third kappa shape index (κ3) is 5.09. The van der Waals surface area contributed by atoms with E-state index in [-0.39, 0.29) is 12.3 Å². The average molecular weight is 416 g/mol. The van der Waals surface area contributed by atoms with E-state index in [0.717, 1.165) is 54.0 Å². The molecular weight excluding hydrogens is 386 g/mol. The van der Waals surface area contributed by atoms with Crippen LogP contribution in [0, 0.1) is 0 Å². The first-order valence-corrected chi connectivity index (χ1v) is 10.8. The molecule has 0 fully saturated rings. The molecule has 1 aliphatic rings. The predicted octanol–water partition coefficient (Wildman–Crippen LogP) is 4.44. The molecule has 2 N–H and O–H groups in total. The minimum atomic E-state index is -0.0414. The highest BCUT2D eigenvalue weighted by Gasteiger charge is 2.21. The van der Waals surface area contributed by atoms with Crippen LogP contribution in [0.5, 0.6) is 0 Å². The largest absolute Gasteiger partial charge is 0.325 e. The van der Waals surface area contributed by atoms with Crippen molar-refractivity contribution in [2.24, 2.45) is 0 Å². The Morgan fingerprint density at radius 1 is 1.13 bits per heavy atom. The lowest BCUT2D eigenvalue weighted by atomic mass is 10.0. The molecule has 1 amide bonds. The van der Waals surface area contributed by atoms with Crippen molar-refractivity contribution in [2.45, 2.75) is 32.6 Å². The molecule has 0 atom stereocenters. The van der Waals surface area contributed by atoms with Gasteiger partial charge in [0, 0.05) is 23.0 Å². The number of nitrogens with one attached hydrogen (secondary N) is 2. The highest BCUT2D eigenvalue weighted by atomic mass is 16.1. The molecule has 1 aromatic heterocycles. The number of aryl methyl sites for hydroxylation is 2. The molecule has 3 aromatic rings. The maximum Gasteiger partial charge on any atom is 0.228 e. The number of carbonyl (C=O) groups excluding carboxylic acids is 1. The summed E-state index contributed by atoms with van der Waals surface area (Å²) in [5.74, 6) is 0.491. The Morgan fingerprint density at radius 3 is 2.81 bits per heavy atom. The number of hydrogen-bond acceptors (Lipinski definition) is 5. The van der Waals surface area contributed by atoms with Crippen LogP contribution in [0.15, 0.2) is 48.7 Å². The summed E-state index contributed by atoms with van der Waals surface area (Å²) in [6.07, 6.45) is 5.07. The summed E-state index contributed by atoms with van der Waals surface area (Å²) in [6, 6.07) is 14.5. The molecule has 0 saturated carbocycles. The van der Waals surface area contributed by atoms with E-state index in [1.54, 1.807) is 6.20 Å². The van der Waals surface area contributed by atoms with Gasteiger partial charge in [-0.3, -0.25) is 4.79 Å². The second-order valence-electron chi connectivity index (χ2n) is 8.26. The summed E-state index contributed by atoms with van der Waals surface area (Å²) in [5.41, 5.74) is 6.86. The van der Waals surface area contributed by atoms with E-state index in [1.807, 2.05) is 18.2 Å². The lowest BCUT2D eigenvalue weighted by Gasteiger charge is -2.13. The van der Waals surface area contributed by atoms with Crippen molar-refractivity contribution >= 4 is 23.2 Å². The van der Waals surface area contributed by atoms with E-state index in [9.17, 15) is 4.79 Å². The fourth-order valence-electron chi connectivity index (χ4n) is 3.85. The first-order valence-electron chi connectivity index (χ1n) is 10.8. The highest BCUT2D eigenvalue weighted by Crippen LogP contribution is 2.34. The lowest BCUT2D eigenvalue weighted by molar-refractivity contribution is -0.115. The summed E-state index contributed by atoms with van der Waals surface area (Å²) >= 11 is 0. The molecular formula is C25H29N5O. The van der Waals surface area contributed by atoms with Crippen LogP contribution in [-0.4, -0.2) is 41.4 Å². The number of hydrogen-bond donors (Lipinski definition) is 2. The summed E-state index contributed by atoms with van der Waals surface area (Å²) in [4.78, 5) is 23.9. The maximum atomic E-state index is 12.4. The van der Waals surface area contributed by atoms with Gasteiger partial charge in [0.05, 0.1) is 17.8 Å². The number of amides is 1. The fraction of sp³-hybridized carbons (Fsp3) is 0.320. The van der Waals surface area contributed by atoms with Crippen molar-refractivity contribution in [2.75, 3.05) is 31.3 Å². The van der Waals surface area contributed by atoms with Crippen LogP contribution in [0.4, 0.5) is 17.3 Å². The summed E-state index contributed by atoms with van der Waals surface area (Å²) in [5, 5.41) is 6.34. The molecule has 2 aromatic carbocycles. The fourth-order valence-corrected chi connectivity index (χ4v) is 3.85. The molecule has 0 radical (unpaired) electrons. The van der Waals surface area contributed by atoms with E-state index in [1.165, 1.54) is 11.1 Å². The first kappa shape index (κ1) is 21.0. The zero-order chi connectivity index (χ0) is 21.8. The van der Waals surface area contributed by atoms with Gasteiger partial charge in [0.25, 0.3) is 0 Å². The smallest absolute Gasteiger partial charge is 0.228 e. The highest BCUT2D eigenvalue weighted by molar-refractivity contribution is 6.00. The third-order valence-corrected chi connectivity index (χ3v) is 5.49. The number of nitrogens with zero attached hydrogens (tertiary/aromatic N) is 3. The monoisotopic (exact) mass is 415 g/mol. The quantitative estimate of drug-likeness (QED) is 0.597. The Kier molecular flexibility index (Phi) is 6.28. The van der Waals surface area contributed by atoms with E-state index >= 15 is 0 Å². The zero-order valence-electron chi connectivity index (χ0n) is 18.4. The minimum Gasteiger partial charge on any atom is -0.325 e. The Hall–Kier alpha value is -3.25. The van der Waals surface area contributed by atoms with Crippen molar-refractivity contribution < 1.29 is 4.79 Å². The van der Waals surface area contributed by atoms with Crippen LogP contribution in [0.1, 0.15) is 30.0 Å². The van der Waals surface area contributed by atoms with Crippen LogP contribution in [0.25, 0.3) is 11.3 Å². The van der Waals surface area contributed by atoms with Gasteiger partial charge in [0.15, 0.2) is 0 Å². The Labute approximate surface area is 183 Å². The SMILES string of the molecule is CCc1cccc(Nc2ncc3c(n2)-c2cc(CCCN(C)C)ccc2NC(=O)C3)c1. The van der Waals surface area contributed by atoms with Gasteiger partial charge in [-0.15, -0.1) is 0 Å². The molecule has 4 rings (SSSR count). The second-order valence-corrected chi connectivity index (χ2v) is 8.26. The van der Waals surface area contributed by atoms with Gasteiger partial charge < -0.3 is 15.5 Å². The number of anilines is 3. The summed E-state index contributed by atoms with van der Waals surface area (Å²) in [6.45, 7) is 3.17. The van der Waals surface area contributed by atoms with E-state index in [0.29, 0.717) is 5.95 Å². The summed E-state index contributed by atoms with van der Waals surface area (Å²) in [7, 11) is 4.18. The van der Waals surface area contributed by atoms with Crippen molar-refractivity contribution in [1.29, 1.82) is 0 Å². The van der Waals surface area contributed by atoms with Crippen molar-refractivity contribution in [3.63, 3.8) is 0 Å². The van der Waals surface area contributed by atoms with Gasteiger partial charge >= 0.3 is 0 Å². The van der Waals surface area contributed by atoms with Crippen molar-refractivity contribution in [1.82, 2.24) is 14.9 Å². The van der Waals surface area contributed by atoms with Gasteiger partial charge in [-0.25, -0.2) is 9.97 Å².